The molecule has 2 amide bonds. The van der Waals surface area contributed by atoms with E-state index in [1.807, 2.05) is 0 Å². The van der Waals surface area contributed by atoms with E-state index >= 15 is 0 Å². The Hall–Kier alpha value is -2.37. The maximum absolute atomic E-state index is 11.7. The van der Waals surface area contributed by atoms with Gasteiger partial charge in [-0.2, -0.15) is 0 Å². The van der Waals surface area contributed by atoms with Gasteiger partial charge < -0.3 is 15.7 Å². The number of aromatic carboxylic acids is 1. The average Bonchev–Trinajstić information content (AvgIpc) is 2.38. The minimum atomic E-state index is -1.09. The van der Waals surface area contributed by atoms with Gasteiger partial charge in [-0.05, 0) is 18.2 Å². The van der Waals surface area contributed by atoms with Gasteiger partial charge in [-0.25, -0.2) is 4.79 Å². The molecular weight excluding hydrogens is 236 g/mol. The Morgan fingerprint density at radius 3 is 2.50 bits per heavy atom. The fourth-order valence-corrected chi connectivity index (χ4v) is 1.31. The average molecular weight is 250 g/mol. The fraction of sp³-hybridized carbons (Fsp3) is 0.250. The molecule has 0 heterocycles. The summed E-state index contributed by atoms with van der Waals surface area (Å²) in [5, 5.41) is 13.8. The summed E-state index contributed by atoms with van der Waals surface area (Å²) in [5.74, 6) is -1.66. The molecule has 0 saturated heterocycles. The zero-order chi connectivity index (χ0) is 13.5. The highest BCUT2D eigenvalue weighted by Crippen LogP contribution is 2.05. The number of carbonyl (C=O) groups is 3. The quantitative estimate of drug-likeness (QED) is 0.698. The Morgan fingerprint density at radius 1 is 1.22 bits per heavy atom. The molecule has 96 valence electrons. The van der Waals surface area contributed by atoms with Crippen LogP contribution in [0.15, 0.2) is 24.3 Å². The van der Waals surface area contributed by atoms with Crippen LogP contribution in [0, 0.1) is 0 Å². The fourth-order valence-electron chi connectivity index (χ4n) is 1.31. The lowest BCUT2D eigenvalue weighted by atomic mass is 10.1. The summed E-state index contributed by atoms with van der Waals surface area (Å²) in [6.07, 6.45) is 0.181. The molecule has 0 unspecified atom stereocenters. The lowest BCUT2D eigenvalue weighted by Crippen LogP contribution is -2.29. The van der Waals surface area contributed by atoms with Gasteiger partial charge >= 0.3 is 5.97 Å². The summed E-state index contributed by atoms with van der Waals surface area (Å²) >= 11 is 0. The van der Waals surface area contributed by atoms with Crippen LogP contribution in [0.4, 0.5) is 0 Å². The molecule has 1 aromatic carbocycles. The molecule has 0 fully saturated rings. The molecule has 0 atom stereocenters. The van der Waals surface area contributed by atoms with Crippen molar-refractivity contribution in [3.63, 3.8) is 0 Å². The predicted molar refractivity (Wildman–Crippen MR) is 64.4 cm³/mol. The molecule has 0 spiro atoms. The van der Waals surface area contributed by atoms with Gasteiger partial charge in [0.05, 0.1) is 5.56 Å². The summed E-state index contributed by atoms with van der Waals surface area (Å²) in [6, 6.07) is 5.71. The van der Waals surface area contributed by atoms with Crippen LogP contribution in [0.3, 0.4) is 0 Å². The number of carbonyl (C=O) groups excluding carboxylic acids is 2. The molecule has 6 heteroatoms. The number of amides is 2. The lowest BCUT2D eigenvalue weighted by molar-refractivity contribution is -0.120. The van der Waals surface area contributed by atoms with Crippen LogP contribution in [0.25, 0.3) is 0 Å². The van der Waals surface area contributed by atoms with Crippen LogP contribution in [0.1, 0.15) is 27.1 Å². The van der Waals surface area contributed by atoms with E-state index in [-0.39, 0.29) is 30.0 Å². The van der Waals surface area contributed by atoms with Crippen molar-refractivity contribution in [1.82, 2.24) is 10.6 Å². The van der Waals surface area contributed by atoms with Crippen molar-refractivity contribution < 1.29 is 19.5 Å². The number of hydrogen-bond donors (Lipinski definition) is 3. The second-order valence-corrected chi connectivity index (χ2v) is 3.57. The van der Waals surface area contributed by atoms with Crippen molar-refractivity contribution in [1.29, 1.82) is 0 Å². The zero-order valence-electron chi connectivity index (χ0n) is 9.90. The van der Waals surface area contributed by atoms with Gasteiger partial charge in [-0.15, -0.1) is 0 Å². The molecule has 0 aliphatic heterocycles. The van der Waals surface area contributed by atoms with Gasteiger partial charge in [-0.1, -0.05) is 6.07 Å². The van der Waals surface area contributed by atoms with E-state index in [4.69, 9.17) is 5.11 Å². The van der Waals surface area contributed by atoms with E-state index in [2.05, 4.69) is 10.6 Å². The normalized spacial score (nSPS) is 9.61. The molecule has 3 N–H and O–H groups in total. The Kier molecular flexibility index (Phi) is 4.86. The van der Waals surface area contributed by atoms with Crippen molar-refractivity contribution in [2.24, 2.45) is 0 Å². The minimum Gasteiger partial charge on any atom is -0.478 e. The molecule has 1 rings (SSSR count). The van der Waals surface area contributed by atoms with Gasteiger partial charge in [0.25, 0.3) is 5.91 Å². The van der Waals surface area contributed by atoms with Gasteiger partial charge in [0.2, 0.25) is 5.91 Å². The third-order valence-electron chi connectivity index (χ3n) is 2.29. The number of carboxylic acids is 1. The van der Waals surface area contributed by atoms with Crippen molar-refractivity contribution in [3.8, 4) is 0 Å². The highest BCUT2D eigenvalue weighted by atomic mass is 16.4. The summed E-state index contributed by atoms with van der Waals surface area (Å²) < 4.78 is 0. The predicted octanol–water partition coefficient (Wildman–Crippen LogP) is 0.251. The van der Waals surface area contributed by atoms with Crippen molar-refractivity contribution >= 4 is 17.8 Å². The van der Waals surface area contributed by atoms with Crippen LogP contribution in [0.2, 0.25) is 0 Å². The second kappa shape index (κ2) is 6.39. The van der Waals surface area contributed by atoms with E-state index < -0.39 is 11.9 Å². The maximum Gasteiger partial charge on any atom is 0.335 e. The first-order chi connectivity index (χ1) is 8.54. The van der Waals surface area contributed by atoms with Crippen LogP contribution in [-0.4, -0.2) is 36.5 Å². The van der Waals surface area contributed by atoms with Gasteiger partial charge in [0.15, 0.2) is 0 Å². The maximum atomic E-state index is 11.7. The molecule has 6 nitrogen and oxygen atoms in total. The molecule has 0 bridgehead atoms. The zero-order valence-corrected chi connectivity index (χ0v) is 9.90. The topological polar surface area (TPSA) is 95.5 Å². The number of rotatable bonds is 5. The van der Waals surface area contributed by atoms with Crippen LogP contribution >= 0.6 is 0 Å². The van der Waals surface area contributed by atoms with Crippen molar-refractivity contribution in [2.45, 2.75) is 6.42 Å². The summed E-state index contributed by atoms with van der Waals surface area (Å²) in [7, 11) is 1.51. The van der Waals surface area contributed by atoms with Gasteiger partial charge in [-0.3, -0.25) is 9.59 Å². The summed E-state index contributed by atoms with van der Waals surface area (Å²) in [6.45, 7) is 0.204. The standard InChI is InChI=1S/C12H14N2O4/c1-13-10(15)5-6-14-11(16)8-3-2-4-9(7-8)12(17)18/h2-4,7H,5-6H2,1H3,(H,13,15)(H,14,16)(H,17,18). The minimum absolute atomic E-state index is 0.0500. The van der Waals surface area contributed by atoms with E-state index in [9.17, 15) is 14.4 Å². The largest absolute Gasteiger partial charge is 0.478 e. The molecule has 0 saturated carbocycles. The highest BCUT2D eigenvalue weighted by Gasteiger charge is 2.09. The first-order valence-electron chi connectivity index (χ1n) is 5.36. The van der Waals surface area contributed by atoms with E-state index in [1.54, 1.807) is 0 Å². The molecule has 0 aliphatic carbocycles. The summed E-state index contributed by atoms with van der Waals surface area (Å²) in [4.78, 5) is 33.3. The first-order valence-corrected chi connectivity index (χ1v) is 5.36. The second-order valence-electron chi connectivity index (χ2n) is 3.57. The van der Waals surface area contributed by atoms with Gasteiger partial charge in [0.1, 0.15) is 0 Å². The van der Waals surface area contributed by atoms with Crippen LogP contribution in [0.5, 0.6) is 0 Å². The number of benzene rings is 1. The number of hydrogen-bond acceptors (Lipinski definition) is 3. The Balaban J connectivity index is 2.59. The van der Waals surface area contributed by atoms with Crippen LogP contribution < -0.4 is 10.6 Å². The monoisotopic (exact) mass is 250 g/mol. The van der Waals surface area contributed by atoms with Gasteiger partial charge in [0, 0.05) is 25.6 Å². The summed E-state index contributed by atoms with van der Waals surface area (Å²) in [5.41, 5.74) is 0.306. The molecule has 1 aromatic rings. The SMILES string of the molecule is CNC(=O)CCNC(=O)c1cccc(C(=O)O)c1. The smallest absolute Gasteiger partial charge is 0.335 e. The van der Waals surface area contributed by atoms with Crippen LogP contribution in [-0.2, 0) is 4.79 Å². The molecule has 0 aliphatic rings. The first kappa shape index (κ1) is 13.7. The molecule has 0 radical (unpaired) electrons. The number of nitrogens with one attached hydrogen (secondary N) is 2. The lowest BCUT2D eigenvalue weighted by Gasteiger charge is -2.05. The Labute approximate surface area is 104 Å². The highest BCUT2D eigenvalue weighted by molar-refractivity contribution is 5.97. The van der Waals surface area contributed by atoms with E-state index in [0.717, 1.165) is 0 Å². The van der Waals surface area contributed by atoms with E-state index in [0.29, 0.717) is 0 Å². The number of carboxylic acid groups (broad SMARTS) is 1. The van der Waals surface area contributed by atoms with E-state index in [1.165, 1.54) is 31.3 Å². The van der Waals surface area contributed by atoms with Crippen molar-refractivity contribution in [3.05, 3.63) is 35.4 Å². The molecule has 0 aromatic heterocycles. The third-order valence-corrected chi connectivity index (χ3v) is 2.29. The third kappa shape index (κ3) is 3.89. The Morgan fingerprint density at radius 2 is 1.89 bits per heavy atom. The van der Waals surface area contributed by atoms with Crippen molar-refractivity contribution in [2.75, 3.05) is 13.6 Å². The molecular formula is C12H14N2O4. The molecule has 18 heavy (non-hydrogen) atoms. The Bertz CT molecular complexity index is 471.